The number of nitrogens with one attached hydrogen (secondary N) is 1. The summed E-state index contributed by atoms with van der Waals surface area (Å²) in [5, 5.41) is 0. The zero-order valence-corrected chi connectivity index (χ0v) is 13.8. The number of benzene rings is 2. The summed E-state index contributed by atoms with van der Waals surface area (Å²) in [6.45, 7) is 2.07. The average Bonchev–Trinajstić information content (AvgIpc) is 2.41. The minimum absolute atomic E-state index is 0.209. The van der Waals surface area contributed by atoms with Gasteiger partial charge in [0.15, 0.2) is 0 Å². The predicted molar refractivity (Wildman–Crippen MR) is 84.2 cm³/mol. The summed E-state index contributed by atoms with van der Waals surface area (Å²) in [6.07, 6.45) is 0.510. The topological polar surface area (TPSA) is 46.2 Å². The van der Waals surface area contributed by atoms with Crippen LogP contribution in [0.4, 0.5) is 4.39 Å². The Morgan fingerprint density at radius 2 is 1.90 bits per heavy atom. The predicted octanol–water partition coefficient (Wildman–Crippen LogP) is 3.42. The minimum atomic E-state index is -3.55. The lowest BCUT2D eigenvalue weighted by atomic mass is 10.1. The zero-order valence-electron chi connectivity index (χ0n) is 11.4. The Balaban J connectivity index is 2.04. The van der Waals surface area contributed by atoms with Crippen molar-refractivity contribution in [3.63, 3.8) is 0 Å². The van der Waals surface area contributed by atoms with Gasteiger partial charge in [0.2, 0.25) is 10.0 Å². The Labute approximate surface area is 132 Å². The van der Waals surface area contributed by atoms with Crippen molar-refractivity contribution in [1.82, 2.24) is 4.72 Å². The highest BCUT2D eigenvalue weighted by Gasteiger charge is 2.16. The van der Waals surface area contributed by atoms with Gasteiger partial charge in [-0.05, 0) is 64.7 Å². The molecule has 0 spiro atoms. The van der Waals surface area contributed by atoms with Crippen LogP contribution in [0.25, 0.3) is 0 Å². The Hall–Kier alpha value is -1.24. The van der Waals surface area contributed by atoms with Gasteiger partial charge in [-0.15, -0.1) is 0 Å². The molecular formula is C15H15BrFNO2S. The first-order chi connectivity index (χ1) is 9.90. The maximum absolute atomic E-state index is 13.0. The van der Waals surface area contributed by atoms with Crippen molar-refractivity contribution in [2.24, 2.45) is 0 Å². The molecule has 21 heavy (non-hydrogen) atoms. The summed E-state index contributed by atoms with van der Waals surface area (Å²) in [7, 11) is -3.55. The van der Waals surface area contributed by atoms with Crippen LogP contribution in [0.1, 0.15) is 11.1 Å². The fourth-order valence-corrected chi connectivity index (χ4v) is 4.03. The molecule has 112 valence electrons. The van der Waals surface area contributed by atoms with Crippen molar-refractivity contribution >= 4 is 26.0 Å². The molecule has 0 aliphatic heterocycles. The molecule has 0 radical (unpaired) electrons. The lowest BCUT2D eigenvalue weighted by Crippen LogP contribution is -2.26. The molecule has 0 saturated heterocycles. The van der Waals surface area contributed by atoms with E-state index in [4.69, 9.17) is 0 Å². The third-order valence-corrected chi connectivity index (χ3v) is 5.59. The van der Waals surface area contributed by atoms with E-state index in [0.29, 0.717) is 10.9 Å². The Morgan fingerprint density at radius 3 is 2.57 bits per heavy atom. The summed E-state index contributed by atoms with van der Waals surface area (Å²) >= 11 is 3.23. The van der Waals surface area contributed by atoms with E-state index in [2.05, 4.69) is 20.7 Å². The molecule has 0 fully saturated rings. The van der Waals surface area contributed by atoms with Crippen LogP contribution in [-0.4, -0.2) is 15.0 Å². The molecular weight excluding hydrogens is 357 g/mol. The van der Waals surface area contributed by atoms with E-state index in [-0.39, 0.29) is 17.3 Å². The molecule has 6 heteroatoms. The molecule has 0 aliphatic rings. The molecule has 2 rings (SSSR count). The van der Waals surface area contributed by atoms with Crippen LogP contribution < -0.4 is 4.72 Å². The van der Waals surface area contributed by atoms with Gasteiger partial charge in [-0.2, -0.15) is 0 Å². The smallest absolute Gasteiger partial charge is 0.211 e. The Bertz CT molecular complexity index is 747. The largest absolute Gasteiger partial charge is 0.241 e. The highest BCUT2D eigenvalue weighted by atomic mass is 79.9. The van der Waals surface area contributed by atoms with Crippen LogP contribution in [0, 0.1) is 12.7 Å². The first-order valence-corrected chi connectivity index (χ1v) is 8.67. The fraction of sp³-hybridized carbons (Fsp3) is 0.200. The van der Waals surface area contributed by atoms with Gasteiger partial charge in [0.05, 0.1) is 4.90 Å². The summed E-state index contributed by atoms with van der Waals surface area (Å²) in [6, 6.07) is 11.1. The summed E-state index contributed by atoms with van der Waals surface area (Å²) < 4.78 is 40.4. The molecule has 0 aliphatic carbocycles. The first kappa shape index (κ1) is 16.1. The number of rotatable bonds is 5. The number of hydrogen-bond acceptors (Lipinski definition) is 2. The van der Waals surface area contributed by atoms with Gasteiger partial charge in [-0.25, -0.2) is 17.5 Å². The van der Waals surface area contributed by atoms with Gasteiger partial charge in [-0.1, -0.05) is 18.2 Å². The number of sulfonamides is 1. The van der Waals surface area contributed by atoms with E-state index < -0.39 is 10.0 Å². The van der Waals surface area contributed by atoms with Gasteiger partial charge in [0.25, 0.3) is 0 Å². The van der Waals surface area contributed by atoms with E-state index in [1.807, 2.05) is 0 Å². The van der Waals surface area contributed by atoms with Crippen molar-refractivity contribution in [2.45, 2.75) is 18.2 Å². The maximum Gasteiger partial charge on any atom is 0.241 e. The molecule has 1 N–H and O–H groups in total. The van der Waals surface area contributed by atoms with Crippen LogP contribution in [0.3, 0.4) is 0 Å². The van der Waals surface area contributed by atoms with Crippen LogP contribution in [0.2, 0.25) is 0 Å². The summed E-state index contributed by atoms with van der Waals surface area (Å²) in [5.74, 6) is -0.287. The molecule has 0 aromatic heterocycles. The molecule has 0 atom stereocenters. The van der Waals surface area contributed by atoms with E-state index >= 15 is 0 Å². The van der Waals surface area contributed by atoms with Gasteiger partial charge < -0.3 is 0 Å². The summed E-state index contributed by atoms with van der Waals surface area (Å²) in [4.78, 5) is 0.209. The molecule has 0 unspecified atom stereocenters. The van der Waals surface area contributed by atoms with Gasteiger partial charge in [0.1, 0.15) is 5.82 Å². The molecule has 3 nitrogen and oxygen atoms in total. The lowest BCUT2D eigenvalue weighted by molar-refractivity contribution is 0.581. The highest BCUT2D eigenvalue weighted by Crippen LogP contribution is 2.20. The Kier molecular flexibility index (Phi) is 5.13. The van der Waals surface area contributed by atoms with Crippen LogP contribution in [0.5, 0.6) is 0 Å². The van der Waals surface area contributed by atoms with Gasteiger partial charge in [-0.3, -0.25) is 0 Å². The van der Waals surface area contributed by atoms with Gasteiger partial charge in [0, 0.05) is 11.0 Å². The first-order valence-electron chi connectivity index (χ1n) is 6.39. The van der Waals surface area contributed by atoms with Crippen LogP contribution in [-0.2, 0) is 16.4 Å². The van der Waals surface area contributed by atoms with E-state index in [9.17, 15) is 12.8 Å². The molecule has 2 aromatic rings. The Morgan fingerprint density at radius 1 is 1.19 bits per heavy atom. The quantitative estimate of drug-likeness (QED) is 0.874. The zero-order chi connectivity index (χ0) is 15.5. The standard InChI is InChI=1S/C15H15BrFNO2S/c1-11-10-13(17)7-6-12(11)8-9-18-21(19,20)15-5-3-2-4-14(15)16/h2-7,10,18H,8-9H2,1H3. The van der Waals surface area contributed by atoms with E-state index in [1.165, 1.54) is 18.2 Å². The second kappa shape index (κ2) is 6.68. The highest BCUT2D eigenvalue weighted by molar-refractivity contribution is 9.10. The third-order valence-electron chi connectivity index (χ3n) is 3.12. The van der Waals surface area contributed by atoms with Crippen molar-refractivity contribution in [3.8, 4) is 0 Å². The lowest BCUT2D eigenvalue weighted by Gasteiger charge is -2.09. The third kappa shape index (κ3) is 4.12. The second-order valence-corrected chi connectivity index (χ2v) is 7.24. The second-order valence-electron chi connectivity index (χ2n) is 4.65. The summed E-state index contributed by atoms with van der Waals surface area (Å²) in [5.41, 5.74) is 1.74. The molecule has 0 heterocycles. The van der Waals surface area contributed by atoms with Crippen molar-refractivity contribution in [1.29, 1.82) is 0 Å². The number of halogens is 2. The van der Waals surface area contributed by atoms with E-state index in [0.717, 1.165) is 11.1 Å². The normalized spacial score (nSPS) is 11.6. The SMILES string of the molecule is Cc1cc(F)ccc1CCNS(=O)(=O)c1ccccc1Br. The maximum atomic E-state index is 13.0. The van der Waals surface area contributed by atoms with E-state index in [1.54, 1.807) is 31.2 Å². The molecule has 0 amide bonds. The minimum Gasteiger partial charge on any atom is -0.211 e. The van der Waals surface area contributed by atoms with Crippen molar-refractivity contribution in [3.05, 3.63) is 63.9 Å². The van der Waals surface area contributed by atoms with Crippen LogP contribution >= 0.6 is 15.9 Å². The number of hydrogen-bond donors (Lipinski definition) is 1. The van der Waals surface area contributed by atoms with Crippen molar-refractivity contribution in [2.75, 3.05) is 6.54 Å². The van der Waals surface area contributed by atoms with Crippen LogP contribution in [0.15, 0.2) is 51.8 Å². The molecule has 0 bridgehead atoms. The monoisotopic (exact) mass is 371 g/mol. The van der Waals surface area contributed by atoms with Crippen molar-refractivity contribution < 1.29 is 12.8 Å². The van der Waals surface area contributed by atoms with Gasteiger partial charge >= 0.3 is 0 Å². The number of aryl methyl sites for hydroxylation is 1. The average molecular weight is 372 g/mol. The molecule has 0 saturated carbocycles. The molecule has 2 aromatic carbocycles. The fourth-order valence-electron chi connectivity index (χ4n) is 2.00.